The molecule has 1 rings (SSSR count). The van der Waals surface area contributed by atoms with E-state index in [1.807, 2.05) is 0 Å². The second kappa shape index (κ2) is 7.11. The Kier molecular flexibility index (Phi) is 6.17. The summed E-state index contributed by atoms with van der Waals surface area (Å²) < 4.78 is 125. The second-order valence-corrected chi connectivity index (χ2v) is 6.36. The standard InChI is InChI=1S/C16H17F9O4/c1-5-7-8(12(3,27)14(17,18)19)6(2)11(29-4)10(26)9(7)13(28,15(20,21)22)16(23,24)25/h26-28H,5H2,1-4H3. The summed E-state index contributed by atoms with van der Waals surface area (Å²) in [5.74, 6) is -3.04. The second-order valence-electron chi connectivity index (χ2n) is 6.36. The number of aliphatic hydroxyl groups is 2. The van der Waals surface area contributed by atoms with E-state index >= 15 is 0 Å². The molecule has 0 aliphatic carbocycles. The van der Waals surface area contributed by atoms with Crippen LogP contribution in [0.4, 0.5) is 39.5 Å². The maximum atomic E-state index is 13.4. The van der Waals surface area contributed by atoms with Gasteiger partial charge in [-0.3, -0.25) is 0 Å². The maximum Gasteiger partial charge on any atom is 0.430 e. The Morgan fingerprint density at radius 3 is 1.52 bits per heavy atom. The normalized spacial score (nSPS) is 16.0. The van der Waals surface area contributed by atoms with E-state index in [1.165, 1.54) is 0 Å². The molecule has 0 saturated carbocycles. The molecule has 1 aromatic carbocycles. The number of hydrogen-bond acceptors (Lipinski definition) is 4. The number of ether oxygens (including phenoxy) is 1. The van der Waals surface area contributed by atoms with Gasteiger partial charge in [-0.15, -0.1) is 0 Å². The molecule has 1 atom stereocenters. The molecule has 0 bridgehead atoms. The highest BCUT2D eigenvalue weighted by molar-refractivity contribution is 5.63. The molecule has 3 N–H and O–H groups in total. The highest BCUT2D eigenvalue weighted by Crippen LogP contribution is 2.58. The van der Waals surface area contributed by atoms with Gasteiger partial charge < -0.3 is 20.1 Å². The summed E-state index contributed by atoms with van der Waals surface area (Å²) in [6, 6.07) is 0. The first-order valence-electron chi connectivity index (χ1n) is 7.79. The predicted octanol–water partition coefficient (Wildman–Crippen LogP) is 4.35. The summed E-state index contributed by atoms with van der Waals surface area (Å²) >= 11 is 0. The summed E-state index contributed by atoms with van der Waals surface area (Å²) in [7, 11) is 0.670. The monoisotopic (exact) mass is 444 g/mol. The molecule has 0 fully saturated rings. The van der Waals surface area contributed by atoms with Crippen molar-refractivity contribution in [1.82, 2.24) is 0 Å². The van der Waals surface area contributed by atoms with Gasteiger partial charge in [-0.05, 0) is 25.8 Å². The fourth-order valence-corrected chi connectivity index (χ4v) is 3.14. The molecule has 0 amide bonds. The lowest BCUT2D eigenvalue weighted by molar-refractivity contribution is -0.376. The average molecular weight is 444 g/mol. The summed E-state index contributed by atoms with van der Waals surface area (Å²) in [5.41, 5.74) is -15.5. The lowest BCUT2D eigenvalue weighted by Crippen LogP contribution is -2.55. The van der Waals surface area contributed by atoms with Crippen molar-refractivity contribution in [2.24, 2.45) is 0 Å². The number of phenolic OH excluding ortho intramolecular Hbond substituents is 1. The highest BCUT2D eigenvalue weighted by atomic mass is 19.4. The van der Waals surface area contributed by atoms with Crippen LogP contribution in [-0.2, 0) is 17.6 Å². The maximum absolute atomic E-state index is 13.4. The van der Waals surface area contributed by atoms with Crippen molar-refractivity contribution in [1.29, 1.82) is 0 Å². The zero-order valence-corrected chi connectivity index (χ0v) is 15.4. The van der Waals surface area contributed by atoms with Gasteiger partial charge in [-0.1, -0.05) is 6.92 Å². The smallest absolute Gasteiger partial charge is 0.430 e. The minimum Gasteiger partial charge on any atom is -0.504 e. The van der Waals surface area contributed by atoms with E-state index in [2.05, 4.69) is 4.74 Å². The van der Waals surface area contributed by atoms with Crippen LogP contribution >= 0.6 is 0 Å². The van der Waals surface area contributed by atoms with E-state index in [9.17, 15) is 54.8 Å². The van der Waals surface area contributed by atoms with Gasteiger partial charge in [0.25, 0.3) is 5.60 Å². The van der Waals surface area contributed by atoms with E-state index < -0.39 is 69.9 Å². The third kappa shape index (κ3) is 3.58. The number of alkyl halides is 9. The molecular formula is C16H17F9O4. The summed E-state index contributed by atoms with van der Waals surface area (Å²) in [5, 5.41) is 29.8. The molecule has 0 aliphatic rings. The molecule has 29 heavy (non-hydrogen) atoms. The SMILES string of the molecule is CCc1c(C(C)(O)C(F)(F)F)c(C)c(OC)c(O)c1C(O)(C(F)(F)F)C(F)(F)F. The summed E-state index contributed by atoms with van der Waals surface area (Å²) in [4.78, 5) is 0. The fraction of sp³-hybridized carbons (Fsp3) is 0.625. The Balaban J connectivity index is 4.39. The van der Waals surface area contributed by atoms with Crippen molar-refractivity contribution in [2.75, 3.05) is 7.11 Å². The van der Waals surface area contributed by atoms with Gasteiger partial charge in [-0.25, -0.2) is 0 Å². The fourth-order valence-electron chi connectivity index (χ4n) is 3.14. The molecular weight excluding hydrogens is 427 g/mol. The van der Waals surface area contributed by atoms with Crippen LogP contribution in [0.15, 0.2) is 0 Å². The number of hydrogen-bond donors (Lipinski definition) is 3. The van der Waals surface area contributed by atoms with Crippen molar-refractivity contribution >= 4 is 0 Å². The zero-order chi connectivity index (χ0) is 23.4. The van der Waals surface area contributed by atoms with Gasteiger partial charge in [0.05, 0.1) is 12.7 Å². The van der Waals surface area contributed by atoms with Gasteiger partial charge in [-0.2, -0.15) is 39.5 Å². The van der Waals surface area contributed by atoms with E-state index in [-0.39, 0.29) is 6.92 Å². The summed E-state index contributed by atoms with van der Waals surface area (Å²) in [6.07, 6.45) is -19.5. The molecule has 0 radical (unpaired) electrons. The Morgan fingerprint density at radius 2 is 1.24 bits per heavy atom. The van der Waals surface area contributed by atoms with Crippen molar-refractivity contribution < 1.29 is 59.6 Å². The lowest BCUT2D eigenvalue weighted by atomic mass is 9.77. The van der Waals surface area contributed by atoms with Crippen LogP contribution in [-0.4, -0.2) is 41.0 Å². The Hall–Kier alpha value is -1.89. The molecule has 0 aliphatic heterocycles. The summed E-state index contributed by atoms with van der Waals surface area (Å²) in [6.45, 7) is 1.82. The topological polar surface area (TPSA) is 69.9 Å². The molecule has 1 unspecified atom stereocenters. The largest absolute Gasteiger partial charge is 0.504 e. The van der Waals surface area contributed by atoms with Crippen LogP contribution in [0, 0.1) is 6.92 Å². The van der Waals surface area contributed by atoms with Crippen LogP contribution in [0.25, 0.3) is 0 Å². The van der Waals surface area contributed by atoms with Crippen LogP contribution < -0.4 is 4.74 Å². The number of rotatable bonds is 4. The Labute approximate surface area is 158 Å². The molecule has 168 valence electrons. The first-order valence-corrected chi connectivity index (χ1v) is 7.79. The molecule has 4 nitrogen and oxygen atoms in total. The lowest BCUT2D eigenvalue weighted by Gasteiger charge is -2.38. The molecule has 0 spiro atoms. The van der Waals surface area contributed by atoms with Crippen molar-refractivity contribution in [3.8, 4) is 11.5 Å². The van der Waals surface area contributed by atoms with Crippen LogP contribution in [0.1, 0.15) is 36.1 Å². The molecule has 0 aromatic heterocycles. The molecule has 1 aromatic rings. The number of benzene rings is 1. The average Bonchev–Trinajstić information content (AvgIpc) is 2.50. The highest BCUT2D eigenvalue weighted by Gasteiger charge is 2.73. The molecule has 0 saturated heterocycles. The number of halogens is 9. The van der Waals surface area contributed by atoms with Gasteiger partial charge >= 0.3 is 18.5 Å². The first-order chi connectivity index (χ1) is 12.7. The van der Waals surface area contributed by atoms with Gasteiger partial charge in [0.2, 0.25) is 0 Å². The van der Waals surface area contributed by atoms with E-state index in [4.69, 9.17) is 0 Å². The zero-order valence-electron chi connectivity index (χ0n) is 15.4. The number of aromatic hydroxyl groups is 1. The first kappa shape index (κ1) is 25.1. The van der Waals surface area contributed by atoms with Crippen molar-refractivity contribution in [2.45, 2.75) is 56.9 Å². The number of methoxy groups -OCH3 is 1. The van der Waals surface area contributed by atoms with E-state index in [0.717, 1.165) is 13.8 Å². The van der Waals surface area contributed by atoms with Gasteiger partial charge in [0, 0.05) is 11.1 Å². The van der Waals surface area contributed by atoms with Crippen LogP contribution in [0.5, 0.6) is 11.5 Å². The predicted molar refractivity (Wildman–Crippen MR) is 80.4 cm³/mol. The van der Waals surface area contributed by atoms with E-state index in [0.29, 0.717) is 7.11 Å². The van der Waals surface area contributed by atoms with Crippen LogP contribution in [0.2, 0.25) is 0 Å². The van der Waals surface area contributed by atoms with E-state index in [1.54, 1.807) is 0 Å². The Morgan fingerprint density at radius 1 is 0.828 bits per heavy atom. The minimum absolute atomic E-state index is 0.120. The van der Waals surface area contributed by atoms with Crippen LogP contribution in [0.3, 0.4) is 0 Å². The van der Waals surface area contributed by atoms with Gasteiger partial charge in [0.1, 0.15) is 0 Å². The third-order valence-corrected chi connectivity index (χ3v) is 4.55. The molecule has 0 heterocycles. The minimum atomic E-state index is -6.49. The Bertz CT molecular complexity index is 763. The number of phenols is 1. The quantitative estimate of drug-likeness (QED) is 0.604. The third-order valence-electron chi connectivity index (χ3n) is 4.55. The molecule has 13 heteroatoms. The van der Waals surface area contributed by atoms with Crippen molar-refractivity contribution in [3.05, 3.63) is 22.3 Å². The van der Waals surface area contributed by atoms with Gasteiger partial charge in [0.15, 0.2) is 17.1 Å². The van der Waals surface area contributed by atoms with Crippen molar-refractivity contribution in [3.63, 3.8) is 0 Å².